The summed E-state index contributed by atoms with van der Waals surface area (Å²) in [6.45, 7) is 0. The third kappa shape index (κ3) is 1.89. The molecule has 0 radical (unpaired) electrons. The molecule has 16 heavy (non-hydrogen) atoms. The van der Waals surface area contributed by atoms with Crippen LogP contribution in [0.1, 0.15) is 0 Å². The van der Waals surface area contributed by atoms with Crippen LogP contribution in [-0.4, -0.2) is 18.6 Å². The third-order valence-electron chi connectivity index (χ3n) is 1.75. The molecule has 0 saturated carbocycles. The molecule has 0 atom stereocenters. The molecular formula is C8H6FN3O2S2. The summed E-state index contributed by atoms with van der Waals surface area (Å²) >= 11 is 0.802. The number of hydrogen-bond donors (Lipinski definition) is 0. The minimum atomic E-state index is -4.19. The minimum absolute atomic E-state index is 0.132. The molecule has 8 heteroatoms. The maximum Gasteiger partial charge on any atom is 0.292 e. The number of sulfonamides is 1. The van der Waals surface area contributed by atoms with Gasteiger partial charge >= 0.3 is 0 Å². The van der Waals surface area contributed by atoms with Crippen LogP contribution in [0, 0.1) is 0 Å². The molecule has 1 aromatic heterocycles. The van der Waals surface area contributed by atoms with Gasteiger partial charge in [-0.25, -0.2) is 0 Å². The number of anilines is 1. The molecule has 0 amide bonds. The summed E-state index contributed by atoms with van der Waals surface area (Å²) in [6, 6.07) is 7.29. The van der Waals surface area contributed by atoms with E-state index in [4.69, 9.17) is 0 Å². The lowest BCUT2D eigenvalue weighted by atomic mass is 10.4. The second-order valence-corrected chi connectivity index (χ2v) is 5.31. The number of aromatic nitrogens is 2. The van der Waals surface area contributed by atoms with Crippen molar-refractivity contribution in [2.45, 2.75) is 4.90 Å². The highest BCUT2D eigenvalue weighted by Gasteiger charge is 2.27. The Balaban J connectivity index is 2.41. The number of hydrogen-bond acceptors (Lipinski definition) is 5. The van der Waals surface area contributed by atoms with Crippen molar-refractivity contribution in [2.75, 3.05) is 4.53 Å². The molecule has 0 fully saturated rings. The van der Waals surface area contributed by atoms with Crippen molar-refractivity contribution < 1.29 is 12.9 Å². The maximum atomic E-state index is 13.6. The predicted octanol–water partition coefficient (Wildman–Crippen LogP) is 1.62. The Kier molecular flexibility index (Phi) is 2.84. The molecule has 0 aliphatic heterocycles. The summed E-state index contributed by atoms with van der Waals surface area (Å²) in [5.41, 5.74) is 1.25. The van der Waals surface area contributed by atoms with Crippen LogP contribution >= 0.6 is 11.3 Å². The Hall–Kier alpha value is -1.54. The second-order valence-electron chi connectivity index (χ2n) is 2.75. The van der Waals surface area contributed by atoms with Crippen LogP contribution in [-0.2, 0) is 10.0 Å². The smallest absolute Gasteiger partial charge is 0.199 e. The van der Waals surface area contributed by atoms with E-state index in [2.05, 4.69) is 10.2 Å². The molecule has 0 aliphatic carbocycles. The summed E-state index contributed by atoms with van der Waals surface area (Å²) in [5, 5.41) is 6.41. The Bertz CT molecular complexity index is 556. The molecular weight excluding hydrogens is 253 g/mol. The molecule has 0 unspecified atom stereocenters. The van der Waals surface area contributed by atoms with Gasteiger partial charge in [0, 0.05) is 0 Å². The van der Waals surface area contributed by atoms with Gasteiger partial charge in [-0.15, -0.1) is 10.2 Å². The van der Waals surface area contributed by atoms with Crippen LogP contribution in [0.25, 0.3) is 0 Å². The van der Waals surface area contributed by atoms with Gasteiger partial charge < -0.3 is 0 Å². The summed E-state index contributed by atoms with van der Waals surface area (Å²) in [4.78, 5) is -0.132. The van der Waals surface area contributed by atoms with Crippen molar-refractivity contribution in [1.82, 2.24) is 10.2 Å². The third-order valence-corrected chi connectivity index (χ3v) is 3.98. The standard InChI is InChI=1S/C8H6FN3O2S2/c9-12(8-11-10-6-15-8)16(13,14)7-4-2-1-3-5-7/h1-6H. The Morgan fingerprint density at radius 3 is 2.50 bits per heavy atom. The van der Waals surface area contributed by atoms with E-state index in [1.54, 1.807) is 6.07 Å². The van der Waals surface area contributed by atoms with Crippen LogP contribution in [0.4, 0.5) is 9.61 Å². The lowest BCUT2D eigenvalue weighted by molar-refractivity contribution is 0.493. The molecule has 0 spiro atoms. The summed E-state index contributed by atoms with van der Waals surface area (Å²) in [7, 11) is -4.19. The van der Waals surface area contributed by atoms with Crippen LogP contribution < -0.4 is 4.53 Å². The number of nitrogens with zero attached hydrogens (tertiary/aromatic N) is 3. The van der Waals surface area contributed by atoms with Crippen molar-refractivity contribution in [2.24, 2.45) is 0 Å². The molecule has 0 N–H and O–H groups in total. The van der Waals surface area contributed by atoms with Gasteiger partial charge in [-0.1, -0.05) is 38.5 Å². The summed E-state index contributed by atoms with van der Waals surface area (Å²) in [5.74, 6) is 0. The van der Waals surface area contributed by atoms with Crippen LogP contribution in [0.2, 0.25) is 0 Å². The van der Waals surface area contributed by atoms with Gasteiger partial charge in [0.2, 0.25) is 0 Å². The zero-order chi connectivity index (χ0) is 11.6. The molecule has 0 aliphatic rings. The zero-order valence-electron chi connectivity index (χ0n) is 7.82. The van der Waals surface area contributed by atoms with Gasteiger partial charge in [-0.2, -0.15) is 8.42 Å². The topological polar surface area (TPSA) is 63.2 Å². The quantitative estimate of drug-likeness (QED) is 0.786. The molecule has 2 aromatic rings. The number of rotatable bonds is 3. The fraction of sp³-hybridized carbons (Fsp3) is 0. The Labute approximate surface area is 95.2 Å². The minimum Gasteiger partial charge on any atom is -0.199 e. The summed E-state index contributed by atoms with van der Waals surface area (Å²) < 4.78 is 36.7. The first-order valence-electron chi connectivity index (χ1n) is 4.14. The average Bonchev–Trinajstić information content (AvgIpc) is 2.82. The van der Waals surface area contributed by atoms with E-state index in [0.717, 1.165) is 11.3 Å². The van der Waals surface area contributed by atoms with E-state index < -0.39 is 10.0 Å². The normalized spacial score (nSPS) is 11.3. The Morgan fingerprint density at radius 1 is 1.25 bits per heavy atom. The van der Waals surface area contributed by atoms with Gasteiger partial charge in [0.1, 0.15) is 5.51 Å². The molecule has 84 valence electrons. The average molecular weight is 259 g/mol. The maximum absolute atomic E-state index is 13.6. The van der Waals surface area contributed by atoms with Crippen molar-refractivity contribution in [3.05, 3.63) is 35.8 Å². The first kappa shape index (κ1) is 11.0. The van der Waals surface area contributed by atoms with Gasteiger partial charge in [-0.05, 0) is 12.1 Å². The molecule has 1 heterocycles. The molecule has 1 aromatic carbocycles. The van der Waals surface area contributed by atoms with Crippen molar-refractivity contribution in [3.63, 3.8) is 0 Å². The van der Waals surface area contributed by atoms with Gasteiger partial charge in [0.15, 0.2) is 0 Å². The van der Waals surface area contributed by atoms with E-state index in [1.165, 1.54) is 29.8 Å². The van der Waals surface area contributed by atoms with Crippen molar-refractivity contribution in [1.29, 1.82) is 0 Å². The van der Waals surface area contributed by atoms with Crippen molar-refractivity contribution in [3.8, 4) is 0 Å². The fourth-order valence-corrected chi connectivity index (χ4v) is 2.75. The number of halogens is 1. The highest BCUT2D eigenvalue weighted by molar-refractivity contribution is 7.92. The monoisotopic (exact) mass is 259 g/mol. The van der Waals surface area contributed by atoms with Gasteiger partial charge in [-0.3, -0.25) is 0 Å². The van der Waals surface area contributed by atoms with E-state index >= 15 is 0 Å². The first-order valence-corrected chi connectivity index (χ1v) is 6.46. The fourth-order valence-electron chi connectivity index (χ4n) is 1.03. The lowest BCUT2D eigenvalue weighted by Crippen LogP contribution is -2.22. The van der Waals surface area contributed by atoms with E-state index in [9.17, 15) is 12.9 Å². The lowest BCUT2D eigenvalue weighted by Gasteiger charge is -2.09. The van der Waals surface area contributed by atoms with E-state index in [0.29, 0.717) is 0 Å². The first-order chi connectivity index (χ1) is 7.62. The van der Waals surface area contributed by atoms with E-state index in [1.807, 2.05) is 0 Å². The molecule has 5 nitrogen and oxygen atoms in total. The van der Waals surface area contributed by atoms with E-state index in [-0.39, 0.29) is 14.6 Å². The van der Waals surface area contributed by atoms with Crippen molar-refractivity contribution >= 4 is 26.5 Å². The molecule has 0 saturated heterocycles. The van der Waals surface area contributed by atoms with Crippen LogP contribution in [0.15, 0.2) is 40.7 Å². The highest BCUT2D eigenvalue weighted by atomic mass is 32.2. The second kappa shape index (κ2) is 4.14. The van der Waals surface area contributed by atoms with Crippen LogP contribution in [0.5, 0.6) is 0 Å². The summed E-state index contributed by atoms with van der Waals surface area (Å²) in [6.07, 6.45) is 0. The SMILES string of the molecule is O=S(=O)(c1ccccc1)N(F)c1nncs1. The molecule has 2 rings (SSSR count). The predicted molar refractivity (Wildman–Crippen MR) is 57.1 cm³/mol. The van der Waals surface area contributed by atoms with Gasteiger partial charge in [0.05, 0.1) is 4.90 Å². The van der Waals surface area contributed by atoms with Gasteiger partial charge in [0.25, 0.3) is 15.2 Å². The Morgan fingerprint density at radius 2 is 1.94 bits per heavy atom. The molecule has 0 bridgehead atoms. The number of benzene rings is 1. The highest BCUT2D eigenvalue weighted by Crippen LogP contribution is 2.24. The zero-order valence-corrected chi connectivity index (χ0v) is 9.45. The van der Waals surface area contributed by atoms with Crippen LogP contribution in [0.3, 0.4) is 0 Å². The largest absolute Gasteiger partial charge is 0.292 e.